The van der Waals surface area contributed by atoms with Gasteiger partial charge in [-0.15, -0.1) is 0 Å². The van der Waals surface area contributed by atoms with Gasteiger partial charge in [0.2, 0.25) is 0 Å². The lowest BCUT2D eigenvalue weighted by Gasteiger charge is -2.33. The smallest absolute Gasteiger partial charge is 0.147 e. The summed E-state index contributed by atoms with van der Waals surface area (Å²) in [5.41, 5.74) is 0.991. The molecular formula is C14H24N4O. The van der Waals surface area contributed by atoms with E-state index < -0.39 is 0 Å². The number of aromatic nitrogens is 2. The molecule has 0 bridgehead atoms. The van der Waals surface area contributed by atoms with Crippen LogP contribution in [-0.2, 0) is 11.3 Å². The van der Waals surface area contributed by atoms with Crippen molar-refractivity contribution in [2.75, 3.05) is 31.2 Å². The van der Waals surface area contributed by atoms with Gasteiger partial charge in [0.05, 0.1) is 37.3 Å². The molecule has 1 aromatic rings. The Balaban J connectivity index is 1.90. The Morgan fingerprint density at radius 1 is 1.42 bits per heavy atom. The van der Waals surface area contributed by atoms with Crippen LogP contribution in [0.4, 0.5) is 5.82 Å². The Kier molecular flexibility index (Phi) is 5.10. The first kappa shape index (κ1) is 14.2. The molecule has 1 fully saturated rings. The second-order valence-corrected chi connectivity index (χ2v) is 5.51. The lowest BCUT2D eigenvalue weighted by molar-refractivity contribution is 0.0985. The summed E-state index contributed by atoms with van der Waals surface area (Å²) < 4.78 is 5.43. The summed E-state index contributed by atoms with van der Waals surface area (Å²) in [6.07, 6.45) is 3.74. The van der Waals surface area contributed by atoms with Crippen LogP contribution in [0.3, 0.4) is 0 Å². The number of ether oxygens (including phenoxy) is 1. The fraction of sp³-hybridized carbons (Fsp3) is 0.714. The van der Waals surface area contributed by atoms with Gasteiger partial charge in [0.1, 0.15) is 5.82 Å². The molecule has 0 aromatic carbocycles. The zero-order chi connectivity index (χ0) is 13.7. The van der Waals surface area contributed by atoms with E-state index >= 15 is 0 Å². The Labute approximate surface area is 115 Å². The summed E-state index contributed by atoms with van der Waals surface area (Å²) in [6, 6.07) is 0.368. The molecule has 2 heterocycles. The van der Waals surface area contributed by atoms with Gasteiger partial charge in [-0.3, -0.25) is 4.98 Å². The van der Waals surface area contributed by atoms with E-state index in [1.165, 1.54) is 0 Å². The van der Waals surface area contributed by atoms with Gasteiger partial charge in [0.15, 0.2) is 0 Å². The minimum Gasteiger partial charge on any atom is -0.377 e. The second-order valence-electron chi connectivity index (χ2n) is 5.51. The molecule has 1 aliphatic rings. The van der Waals surface area contributed by atoms with E-state index in [0.29, 0.717) is 12.0 Å². The minimum absolute atomic E-state index is 0.368. The largest absolute Gasteiger partial charge is 0.377 e. The second kappa shape index (κ2) is 6.82. The van der Waals surface area contributed by atoms with Crippen LogP contribution in [0.25, 0.3) is 0 Å². The van der Waals surface area contributed by atoms with Crippen LogP contribution in [0.2, 0.25) is 0 Å². The van der Waals surface area contributed by atoms with Crippen LogP contribution < -0.4 is 10.2 Å². The van der Waals surface area contributed by atoms with Gasteiger partial charge in [-0.1, -0.05) is 13.8 Å². The summed E-state index contributed by atoms with van der Waals surface area (Å²) in [7, 11) is 0. The minimum atomic E-state index is 0.368. The van der Waals surface area contributed by atoms with Crippen LogP contribution >= 0.6 is 0 Å². The summed E-state index contributed by atoms with van der Waals surface area (Å²) >= 11 is 0. The number of hydrogen-bond donors (Lipinski definition) is 1. The van der Waals surface area contributed by atoms with E-state index in [2.05, 4.69) is 41.0 Å². The molecule has 19 heavy (non-hydrogen) atoms. The lowest BCUT2D eigenvalue weighted by Crippen LogP contribution is -2.44. The number of morpholine rings is 1. The van der Waals surface area contributed by atoms with Crippen molar-refractivity contribution in [2.24, 2.45) is 5.92 Å². The van der Waals surface area contributed by atoms with Crippen molar-refractivity contribution in [3.05, 3.63) is 18.1 Å². The van der Waals surface area contributed by atoms with Crippen molar-refractivity contribution in [1.82, 2.24) is 15.3 Å². The summed E-state index contributed by atoms with van der Waals surface area (Å²) in [5.74, 6) is 1.60. The molecule has 5 nitrogen and oxygen atoms in total. The topological polar surface area (TPSA) is 50.3 Å². The first-order chi connectivity index (χ1) is 9.16. The van der Waals surface area contributed by atoms with Crippen molar-refractivity contribution in [2.45, 2.75) is 33.4 Å². The molecule has 5 heteroatoms. The van der Waals surface area contributed by atoms with Crippen molar-refractivity contribution < 1.29 is 4.74 Å². The molecule has 1 atom stereocenters. The first-order valence-corrected chi connectivity index (χ1v) is 7.03. The van der Waals surface area contributed by atoms with Gasteiger partial charge in [-0.05, 0) is 19.4 Å². The third-order valence-electron chi connectivity index (χ3n) is 3.21. The van der Waals surface area contributed by atoms with E-state index in [0.717, 1.165) is 44.4 Å². The molecule has 1 aromatic heterocycles. The summed E-state index contributed by atoms with van der Waals surface area (Å²) in [5, 5.41) is 3.37. The van der Waals surface area contributed by atoms with Crippen LogP contribution in [-0.4, -0.2) is 42.3 Å². The zero-order valence-electron chi connectivity index (χ0n) is 12.1. The quantitative estimate of drug-likeness (QED) is 0.872. The molecule has 0 aliphatic carbocycles. The maximum Gasteiger partial charge on any atom is 0.147 e. The van der Waals surface area contributed by atoms with E-state index in [1.54, 1.807) is 0 Å². The summed E-state index contributed by atoms with van der Waals surface area (Å²) in [4.78, 5) is 11.2. The van der Waals surface area contributed by atoms with Crippen LogP contribution in [0.15, 0.2) is 12.4 Å². The van der Waals surface area contributed by atoms with E-state index in [9.17, 15) is 0 Å². The third-order valence-corrected chi connectivity index (χ3v) is 3.21. The standard InChI is InChI=1S/C14H24N4O/c1-11(2)6-15-7-13-8-17-14(9-16-13)18-4-5-19-10-12(18)3/h8-9,11-12,15H,4-7,10H2,1-3H3. The number of hydrogen-bond acceptors (Lipinski definition) is 5. The Morgan fingerprint density at radius 2 is 2.26 bits per heavy atom. The molecular weight excluding hydrogens is 240 g/mol. The molecule has 2 rings (SSSR count). The normalized spacial score (nSPS) is 20.0. The molecule has 1 saturated heterocycles. The molecule has 106 valence electrons. The van der Waals surface area contributed by atoms with Crippen molar-refractivity contribution in [3.63, 3.8) is 0 Å². The highest BCUT2D eigenvalue weighted by molar-refractivity contribution is 5.37. The predicted molar refractivity (Wildman–Crippen MR) is 76.2 cm³/mol. The van der Waals surface area contributed by atoms with Gasteiger partial charge in [-0.2, -0.15) is 0 Å². The highest BCUT2D eigenvalue weighted by Gasteiger charge is 2.20. The molecule has 0 saturated carbocycles. The Hall–Kier alpha value is -1.20. The van der Waals surface area contributed by atoms with E-state index in [1.807, 2.05) is 12.4 Å². The average Bonchev–Trinajstić information content (AvgIpc) is 2.40. The van der Waals surface area contributed by atoms with Crippen molar-refractivity contribution in [3.8, 4) is 0 Å². The highest BCUT2D eigenvalue weighted by atomic mass is 16.5. The van der Waals surface area contributed by atoms with Gasteiger partial charge >= 0.3 is 0 Å². The molecule has 0 radical (unpaired) electrons. The van der Waals surface area contributed by atoms with Gasteiger partial charge in [-0.25, -0.2) is 4.98 Å². The molecule has 1 N–H and O–H groups in total. The number of nitrogens with one attached hydrogen (secondary N) is 1. The molecule has 0 spiro atoms. The molecule has 0 amide bonds. The number of nitrogens with zero attached hydrogens (tertiary/aromatic N) is 3. The fourth-order valence-electron chi connectivity index (χ4n) is 2.14. The van der Waals surface area contributed by atoms with Crippen molar-refractivity contribution in [1.29, 1.82) is 0 Å². The van der Waals surface area contributed by atoms with Crippen LogP contribution in [0.1, 0.15) is 26.5 Å². The van der Waals surface area contributed by atoms with Crippen LogP contribution in [0, 0.1) is 5.92 Å². The number of anilines is 1. The maximum absolute atomic E-state index is 5.43. The number of rotatable bonds is 5. The Bertz CT molecular complexity index is 380. The van der Waals surface area contributed by atoms with Gasteiger partial charge in [0, 0.05) is 13.1 Å². The zero-order valence-corrected chi connectivity index (χ0v) is 12.1. The van der Waals surface area contributed by atoms with E-state index in [-0.39, 0.29) is 0 Å². The monoisotopic (exact) mass is 264 g/mol. The fourth-order valence-corrected chi connectivity index (χ4v) is 2.14. The lowest BCUT2D eigenvalue weighted by atomic mass is 10.2. The average molecular weight is 264 g/mol. The SMILES string of the molecule is CC(C)CNCc1cnc(N2CCOCC2C)cn1. The Morgan fingerprint density at radius 3 is 2.89 bits per heavy atom. The summed E-state index contributed by atoms with van der Waals surface area (Å²) in [6.45, 7) is 10.8. The maximum atomic E-state index is 5.43. The molecule has 1 unspecified atom stereocenters. The van der Waals surface area contributed by atoms with Crippen LogP contribution in [0.5, 0.6) is 0 Å². The van der Waals surface area contributed by atoms with Gasteiger partial charge in [0.25, 0.3) is 0 Å². The van der Waals surface area contributed by atoms with Crippen molar-refractivity contribution >= 4 is 5.82 Å². The molecule has 1 aliphatic heterocycles. The first-order valence-electron chi connectivity index (χ1n) is 7.03. The van der Waals surface area contributed by atoms with Gasteiger partial charge < -0.3 is 15.0 Å². The highest BCUT2D eigenvalue weighted by Crippen LogP contribution is 2.15. The predicted octanol–water partition coefficient (Wildman–Crippen LogP) is 1.45. The van der Waals surface area contributed by atoms with E-state index in [4.69, 9.17) is 4.74 Å². The third kappa shape index (κ3) is 4.14.